The summed E-state index contributed by atoms with van der Waals surface area (Å²) in [5, 5.41) is 6.12. The van der Waals surface area contributed by atoms with Crippen molar-refractivity contribution >= 4 is 23.1 Å². The zero-order valence-corrected chi connectivity index (χ0v) is 12.7. The Labute approximate surface area is 125 Å². The molecular formula is C17H21N3O. The average molecular weight is 283 g/mol. The van der Waals surface area contributed by atoms with Crippen LogP contribution in [0.5, 0.6) is 0 Å². The van der Waals surface area contributed by atoms with Crippen LogP contribution in [0.3, 0.4) is 0 Å². The van der Waals surface area contributed by atoms with E-state index in [0.717, 1.165) is 17.8 Å². The number of hydrogen-bond donors (Lipinski definition) is 2. The molecule has 1 amide bonds. The fourth-order valence-corrected chi connectivity index (χ4v) is 2.02. The van der Waals surface area contributed by atoms with Crippen LogP contribution in [0.25, 0.3) is 0 Å². The Morgan fingerprint density at radius 1 is 1.19 bits per heavy atom. The second-order valence-electron chi connectivity index (χ2n) is 5.10. The standard InChI is InChI=1S/C17H21N3O/c1-4-6-17(21)20-16-10-9-14(11-18-16)19-15-8-5-7-12(2)13(15)3/h5,7-11,19H,4,6H2,1-3H3,(H,18,20,21). The number of anilines is 3. The van der Waals surface area contributed by atoms with Gasteiger partial charge in [-0.3, -0.25) is 4.79 Å². The summed E-state index contributed by atoms with van der Waals surface area (Å²) in [6.45, 7) is 6.15. The molecule has 0 radical (unpaired) electrons. The molecule has 2 aromatic rings. The van der Waals surface area contributed by atoms with Gasteiger partial charge in [-0.25, -0.2) is 4.98 Å². The van der Waals surface area contributed by atoms with Crippen LogP contribution in [0.15, 0.2) is 36.5 Å². The molecule has 1 heterocycles. The number of carbonyl (C=O) groups is 1. The minimum atomic E-state index is 0.000220. The number of pyridine rings is 1. The van der Waals surface area contributed by atoms with E-state index in [-0.39, 0.29) is 5.91 Å². The van der Waals surface area contributed by atoms with E-state index in [0.29, 0.717) is 12.2 Å². The summed E-state index contributed by atoms with van der Waals surface area (Å²) in [5.74, 6) is 0.584. The Kier molecular flexibility index (Phi) is 4.93. The summed E-state index contributed by atoms with van der Waals surface area (Å²) in [5.41, 5.74) is 4.44. The van der Waals surface area contributed by atoms with E-state index in [4.69, 9.17) is 0 Å². The minimum Gasteiger partial charge on any atom is -0.354 e. The number of nitrogens with zero attached hydrogens (tertiary/aromatic N) is 1. The summed E-state index contributed by atoms with van der Waals surface area (Å²) < 4.78 is 0. The first kappa shape index (κ1) is 15.0. The molecule has 1 aromatic heterocycles. The lowest BCUT2D eigenvalue weighted by molar-refractivity contribution is -0.116. The quantitative estimate of drug-likeness (QED) is 0.865. The highest BCUT2D eigenvalue weighted by Gasteiger charge is 2.04. The molecule has 0 spiro atoms. The van der Waals surface area contributed by atoms with Crippen molar-refractivity contribution in [3.63, 3.8) is 0 Å². The molecule has 110 valence electrons. The molecule has 0 aliphatic heterocycles. The van der Waals surface area contributed by atoms with Crippen LogP contribution < -0.4 is 10.6 Å². The van der Waals surface area contributed by atoms with E-state index < -0.39 is 0 Å². The number of aromatic nitrogens is 1. The molecule has 2 N–H and O–H groups in total. The first-order valence-corrected chi connectivity index (χ1v) is 7.19. The molecule has 0 bridgehead atoms. The van der Waals surface area contributed by atoms with Crippen molar-refractivity contribution < 1.29 is 4.79 Å². The SMILES string of the molecule is CCCC(=O)Nc1ccc(Nc2cccc(C)c2C)cn1. The highest BCUT2D eigenvalue weighted by molar-refractivity contribution is 5.89. The molecule has 0 aliphatic rings. The average Bonchev–Trinajstić information content (AvgIpc) is 2.46. The summed E-state index contributed by atoms with van der Waals surface area (Å²) in [7, 11) is 0. The Balaban J connectivity index is 2.05. The molecule has 1 aromatic carbocycles. The van der Waals surface area contributed by atoms with E-state index in [1.807, 2.05) is 25.1 Å². The Morgan fingerprint density at radius 3 is 2.67 bits per heavy atom. The van der Waals surface area contributed by atoms with Crippen LogP contribution in [0.4, 0.5) is 17.2 Å². The van der Waals surface area contributed by atoms with E-state index in [9.17, 15) is 4.79 Å². The van der Waals surface area contributed by atoms with Gasteiger partial charge in [-0.1, -0.05) is 19.1 Å². The number of rotatable bonds is 5. The van der Waals surface area contributed by atoms with Crippen LogP contribution in [0.1, 0.15) is 30.9 Å². The molecule has 4 nitrogen and oxygen atoms in total. The zero-order chi connectivity index (χ0) is 15.2. The predicted molar refractivity (Wildman–Crippen MR) is 87.0 cm³/mol. The number of benzene rings is 1. The molecular weight excluding hydrogens is 262 g/mol. The van der Waals surface area contributed by atoms with Crippen molar-refractivity contribution in [3.8, 4) is 0 Å². The van der Waals surface area contributed by atoms with Gasteiger partial charge in [0.15, 0.2) is 0 Å². The predicted octanol–water partition coefficient (Wildman–Crippen LogP) is 4.18. The normalized spacial score (nSPS) is 10.2. The molecule has 0 fully saturated rings. The van der Waals surface area contributed by atoms with Gasteiger partial charge >= 0.3 is 0 Å². The van der Waals surface area contributed by atoms with Gasteiger partial charge in [-0.2, -0.15) is 0 Å². The summed E-state index contributed by atoms with van der Waals surface area (Å²) in [6, 6.07) is 9.87. The highest BCUT2D eigenvalue weighted by Crippen LogP contribution is 2.22. The summed E-state index contributed by atoms with van der Waals surface area (Å²) in [6.07, 6.45) is 3.08. The summed E-state index contributed by atoms with van der Waals surface area (Å²) >= 11 is 0. The van der Waals surface area contributed by atoms with Gasteiger partial charge in [0, 0.05) is 12.1 Å². The third kappa shape index (κ3) is 4.05. The fraction of sp³-hybridized carbons (Fsp3) is 0.294. The molecule has 0 unspecified atom stereocenters. The summed E-state index contributed by atoms with van der Waals surface area (Å²) in [4.78, 5) is 15.8. The van der Waals surface area contributed by atoms with E-state index >= 15 is 0 Å². The minimum absolute atomic E-state index is 0.000220. The molecule has 4 heteroatoms. The van der Waals surface area contributed by atoms with E-state index in [1.165, 1.54) is 11.1 Å². The van der Waals surface area contributed by atoms with Crippen LogP contribution in [-0.2, 0) is 4.79 Å². The molecule has 0 atom stereocenters. The van der Waals surface area contributed by atoms with Crippen LogP contribution >= 0.6 is 0 Å². The maximum atomic E-state index is 11.5. The lowest BCUT2D eigenvalue weighted by Gasteiger charge is -2.11. The van der Waals surface area contributed by atoms with Crippen molar-refractivity contribution in [1.29, 1.82) is 0 Å². The molecule has 21 heavy (non-hydrogen) atoms. The second-order valence-corrected chi connectivity index (χ2v) is 5.10. The van der Waals surface area contributed by atoms with Gasteiger partial charge in [0.25, 0.3) is 0 Å². The van der Waals surface area contributed by atoms with Gasteiger partial charge in [0.2, 0.25) is 5.91 Å². The molecule has 0 saturated heterocycles. The maximum absolute atomic E-state index is 11.5. The highest BCUT2D eigenvalue weighted by atomic mass is 16.1. The van der Waals surface area contributed by atoms with Crippen molar-refractivity contribution in [2.45, 2.75) is 33.6 Å². The number of amides is 1. The van der Waals surface area contributed by atoms with Crippen LogP contribution in [0, 0.1) is 13.8 Å². The van der Waals surface area contributed by atoms with Crippen LogP contribution in [-0.4, -0.2) is 10.9 Å². The first-order valence-electron chi connectivity index (χ1n) is 7.19. The van der Waals surface area contributed by atoms with E-state index in [1.54, 1.807) is 12.3 Å². The smallest absolute Gasteiger partial charge is 0.225 e. The lowest BCUT2D eigenvalue weighted by Crippen LogP contribution is -2.11. The Bertz CT molecular complexity index is 620. The molecule has 0 saturated carbocycles. The zero-order valence-electron chi connectivity index (χ0n) is 12.7. The number of carbonyl (C=O) groups excluding carboxylic acids is 1. The number of nitrogens with one attached hydrogen (secondary N) is 2. The Hall–Kier alpha value is -2.36. The van der Waals surface area contributed by atoms with Gasteiger partial charge < -0.3 is 10.6 Å². The topological polar surface area (TPSA) is 54.0 Å². The molecule has 2 rings (SSSR count). The van der Waals surface area contributed by atoms with Crippen molar-refractivity contribution in [2.24, 2.45) is 0 Å². The van der Waals surface area contributed by atoms with Crippen LogP contribution in [0.2, 0.25) is 0 Å². The second kappa shape index (κ2) is 6.88. The number of aryl methyl sites for hydroxylation is 1. The third-order valence-corrected chi connectivity index (χ3v) is 3.39. The maximum Gasteiger partial charge on any atom is 0.225 e. The van der Waals surface area contributed by atoms with E-state index in [2.05, 4.69) is 35.5 Å². The Morgan fingerprint density at radius 2 is 2.00 bits per heavy atom. The van der Waals surface area contributed by atoms with Crippen molar-refractivity contribution in [3.05, 3.63) is 47.7 Å². The fourth-order valence-electron chi connectivity index (χ4n) is 2.02. The van der Waals surface area contributed by atoms with Gasteiger partial charge in [0.05, 0.1) is 11.9 Å². The van der Waals surface area contributed by atoms with Gasteiger partial charge in [0.1, 0.15) is 5.82 Å². The monoisotopic (exact) mass is 283 g/mol. The van der Waals surface area contributed by atoms with Gasteiger partial charge in [-0.15, -0.1) is 0 Å². The largest absolute Gasteiger partial charge is 0.354 e. The number of hydrogen-bond acceptors (Lipinski definition) is 3. The lowest BCUT2D eigenvalue weighted by atomic mass is 10.1. The third-order valence-electron chi connectivity index (χ3n) is 3.39. The van der Waals surface area contributed by atoms with Crippen molar-refractivity contribution in [2.75, 3.05) is 10.6 Å². The molecule has 0 aliphatic carbocycles. The van der Waals surface area contributed by atoms with Gasteiger partial charge in [-0.05, 0) is 49.6 Å². The first-order chi connectivity index (χ1) is 10.1. The van der Waals surface area contributed by atoms with Crippen molar-refractivity contribution in [1.82, 2.24) is 4.98 Å².